The van der Waals surface area contributed by atoms with Gasteiger partial charge in [0.2, 0.25) is 0 Å². The number of likely N-dealkylation sites (N-methyl/N-ethyl adjacent to an activating group) is 1. The number of hydrogen-bond acceptors (Lipinski definition) is 1. The molecule has 1 saturated carbocycles. The quantitative estimate of drug-likeness (QED) is 0.703. The van der Waals surface area contributed by atoms with Crippen LogP contribution in [0, 0.1) is 0 Å². The van der Waals surface area contributed by atoms with Crippen molar-refractivity contribution in [2.45, 2.75) is 18.1 Å². The van der Waals surface area contributed by atoms with Crippen LogP contribution in [-0.4, -0.2) is 19.3 Å². The Bertz CT molecular complexity index is 260. The Labute approximate surface area is 71.6 Å². The van der Waals surface area contributed by atoms with E-state index in [0.717, 1.165) is 5.56 Å². The number of benzene rings is 1. The molecule has 1 aliphatic rings. The second kappa shape index (κ2) is 2.87. The highest BCUT2D eigenvalue weighted by Gasteiger charge is 2.50. The third-order valence-corrected chi connectivity index (χ3v) is 2.45. The van der Waals surface area contributed by atoms with Gasteiger partial charge in [-0.15, -0.1) is 0 Å². The molecule has 0 bridgehead atoms. The van der Waals surface area contributed by atoms with Gasteiger partial charge >= 0.3 is 0 Å². The van der Waals surface area contributed by atoms with Crippen molar-refractivity contribution in [2.24, 2.45) is 0 Å². The molecule has 0 aliphatic heterocycles. The number of rotatable bonds is 2. The summed E-state index contributed by atoms with van der Waals surface area (Å²) in [6, 6.07) is 9.85. The van der Waals surface area contributed by atoms with Crippen molar-refractivity contribution in [3.8, 4) is 0 Å². The molecule has 2 heteroatoms. The Morgan fingerprint density at radius 2 is 1.92 bits per heavy atom. The molecule has 1 nitrogen and oxygen atoms in total. The Kier molecular flexibility index (Phi) is 1.85. The summed E-state index contributed by atoms with van der Waals surface area (Å²) >= 11 is 0. The molecule has 1 aliphatic carbocycles. The van der Waals surface area contributed by atoms with Crippen LogP contribution in [0.2, 0.25) is 0 Å². The normalized spacial score (nSPS) is 33.3. The van der Waals surface area contributed by atoms with Crippen molar-refractivity contribution >= 4 is 0 Å². The minimum absolute atomic E-state index is 0.0346. The van der Waals surface area contributed by atoms with Crippen LogP contribution < -0.4 is 5.32 Å². The first kappa shape index (κ1) is 7.74. The molecule has 0 saturated heterocycles. The van der Waals surface area contributed by atoms with E-state index in [-0.39, 0.29) is 12.0 Å². The molecule has 0 heterocycles. The highest BCUT2D eigenvalue weighted by molar-refractivity contribution is 5.31. The fourth-order valence-electron chi connectivity index (χ4n) is 1.68. The minimum Gasteiger partial charge on any atom is -0.314 e. The predicted molar refractivity (Wildman–Crippen MR) is 46.9 cm³/mol. The van der Waals surface area contributed by atoms with Crippen LogP contribution in [-0.2, 0) is 0 Å². The van der Waals surface area contributed by atoms with E-state index in [1.165, 1.54) is 0 Å². The van der Waals surface area contributed by atoms with Gasteiger partial charge in [0, 0.05) is 12.0 Å². The molecule has 0 amide bonds. The summed E-state index contributed by atoms with van der Waals surface area (Å²) in [6.45, 7) is 0. The number of halogens is 1. The van der Waals surface area contributed by atoms with Crippen LogP contribution >= 0.6 is 0 Å². The summed E-state index contributed by atoms with van der Waals surface area (Å²) in [7, 11) is 1.81. The first-order valence-corrected chi connectivity index (χ1v) is 4.21. The largest absolute Gasteiger partial charge is 0.314 e. The third-order valence-electron chi connectivity index (χ3n) is 2.45. The standard InChI is InChI=1S/C10H12FN/c1-12-10-8(9(10)11)7-5-3-2-4-6-7/h2-6,8-10,12H,1H3. The van der Waals surface area contributed by atoms with Gasteiger partial charge in [-0.1, -0.05) is 30.3 Å². The molecule has 2 rings (SSSR count). The van der Waals surface area contributed by atoms with Gasteiger partial charge in [0.25, 0.3) is 0 Å². The van der Waals surface area contributed by atoms with Crippen molar-refractivity contribution in [3.63, 3.8) is 0 Å². The lowest BCUT2D eigenvalue weighted by Crippen LogP contribution is -2.12. The van der Waals surface area contributed by atoms with Crippen molar-refractivity contribution < 1.29 is 4.39 Å². The molecule has 3 unspecified atom stereocenters. The zero-order chi connectivity index (χ0) is 8.55. The van der Waals surface area contributed by atoms with Gasteiger partial charge in [-0.2, -0.15) is 0 Å². The predicted octanol–water partition coefficient (Wildman–Crippen LogP) is 1.71. The Hall–Kier alpha value is -0.890. The van der Waals surface area contributed by atoms with E-state index < -0.39 is 6.17 Å². The molecular formula is C10H12FN. The van der Waals surface area contributed by atoms with E-state index in [0.29, 0.717) is 0 Å². The van der Waals surface area contributed by atoms with Gasteiger partial charge in [0.1, 0.15) is 6.17 Å². The zero-order valence-corrected chi connectivity index (χ0v) is 7.00. The van der Waals surface area contributed by atoms with E-state index in [1.807, 2.05) is 30.3 Å². The minimum atomic E-state index is -0.697. The molecule has 0 aromatic heterocycles. The second-order valence-electron chi connectivity index (χ2n) is 3.20. The summed E-state index contributed by atoms with van der Waals surface area (Å²) in [5, 5.41) is 2.96. The summed E-state index contributed by atoms with van der Waals surface area (Å²) in [4.78, 5) is 0. The average molecular weight is 165 g/mol. The SMILES string of the molecule is CNC1C(F)C1c1ccccc1. The van der Waals surface area contributed by atoms with Gasteiger partial charge in [0.05, 0.1) is 0 Å². The summed E-state index contributed by atoms with van der Waals surface area (Å²) in [5.41, 5.74) is 1.10. The van der Waals surface area contributed by atoms with E-state index in [1.54, 1.807) is 7.05 Å². The van der Waals surface area contributed by atoms with Gasteiger partial charge in [-0.25, -0.2) is 4.39 Å². The van der Waals surface area contributed by atoms with Crippen molar-refractivity contribution in [1.82, 2.24) is 5.32 Å². The van der Waals surface area contributed by atoms with Crippen molar-refractivity contribution in [3.05, 3.63) is 35.9 Å². The molecule has 3 atom stereocenters. The maximum absolute atomic E-state index is 13.1. The molecular weight excluding hydrogens is 153 g/mol. The van der Waals surface area contributed by atoms with Crippen LogP contribution in [0.5, 0.6) is 0 Å². The van der Waals surface area contributed by atoms with Crippen molar-refractivity contribution in [2.75, 3.05) is 7.05 Å². The monoisotopic (exact) mass is 165 g/mol. The Morgan fingerprint density at radius 1 is 1.25 bits per heavy atom. The first-order valence-electron chi connectivity index (χ1n) is 4.21. The highest BCUT2D eigenvalue weighted by Crippen LogP contribution is 2.43. The molecule has 64 valence electrons. The number of nitrogens with one attached hydrogen (secondary N) is 1. The lowest BCUT2D eigenvalue weighted by atomic mass is 10.1. The summed E-state index contributed by atoms with van der Waals surface area (Å²) in [6.07, 6.45) is -0.697. The molecule has 0 radical (unpaired) electrons. The van der Waals surface area contributed by atoms with Crippen LogP contribution in [0.15, 0.2) is 30.3 Å². The van der Waals surface area contributed by atoms with Gasteiger partial charge in [-0.05, 0) is 12.6 Å². The lowest BCUT2D eigenvalue weighted by molar-refractivity contribution is 0.448. The fraction of sp³-hybridized carbons (Fsp3) is 0.400. The molecule has 12 heavy (non-hydrogen) atoms. The zero-order valence-electron chi connectivity index (χ0n) is 7.00. The van der Waals surface area contributed by atoms with Gasteiger partial charge < -0.3 is 5.32 Å². The topological polar surface area (TPSA) is 12.0 Å². The number of hydrogen-bond donors (Lipinski definition) is 1. The maximum atomic E-state index is 13.1. The summed E-state index contributed by atoms with van der Waals surface area (Å²) < 4.78 is 13.1. The smallest absolute Gasteiger partial charge is 0.124 e. The van der Waals surface area contributed by atoms with Crippen LogP contribution in [0.25, 0.3) is 0 Å². The van der Waals surface area contributed by atoms with E-state index in [4.69, 9.17) is 0 Å². The molecule has 1 aromatic rings. The van der Waals surface area contributed by atoms with Crippen LogP contribution in [0.4, 0.5) is 4.39 Å². The van der Waals surface area contributed by atoms with Crippen molar-refractivity contribution in [1.29, 1.82) is 0 Å². The number of alkyl halides is 1. The van der Waals surface area contributed by atoms with E-state index in [2.05, 4.69) is 5.32 Å². The fourth-order valence-corrected chi connectivity index (χ4v) is 1.68. The molecule has 1 aromatic carbocycles. The van der Waals surface area contributed by atoms with E-state index >= 15 is 0 Å². The maximum Gasteiger partial charge on any atom is 0.124 e. The molecule has 1 N–H and O–H groups in total. The van der Waals surface area contributed by atoms with E-state index in [9.17, 15) is 4.39 Å². The van der Waals surface area contributed by atoms with Gasteiger partial charge in [0.15, 0.2) is 0 Å². The molecule has 0 spiro atoms. The van der Waals surface area contributed by atoms with Crippen LogP contribution in [0.3, 0.4) is 0 Å². The van der Waals surface area contributed by atoms with Crippen LogP contribution in [0.1, 0.15) is 11.5 Å². The Balaban J connectivity index is 2.14. The summed E-state index contributed by atoms with van der Waals surface area (Å²) in [5.74, 6) is 0.0798. The lowest BCUT2D eigenvalue weighted by Gasteiger charge is -1.96. The Morgan fingerprint density at radius 3 is 2.42 bits per heavy atom. The third kappa shape index (κ3) is 1.12. The molecule has 1 fully saturated rings. The average Bonchev–Trinajstić information content (AvgIpc) is 2.78. The first-order chi connectivity index (χ1) is 5.84. The second-order valence-corrected chi connectivity index (χ2v) is 3.20. The van der Waals surface area contributed by atoms with Gasteiger partial charge in [-0.3, -0.25) is 0 Å². The highest BCUT2D eigenvalue weighted by atomic mass is 19.1.